The molecule has 0 aliphatic carbocycles. The normalized spacial score (nSPS) is 11.7. The third-order valence-electron chi connectivity index (χ3n) is 3.12. The fourth-order valence-electron chi connectivity index (χ4n) is 1.69. The summed E-state index contributed by atoms with van der Waals surface area (Å²) in [6, 6.07) is 0. The second-order valence-electron chi connectivity index (χ2n) is 5.48. The molecule has 21 heavy (non-hydrogen) atoms. The maximum absolute atomic E-state index is 11.9. The number of thiazole rings is 2. The molecule has 0 aliphatic heterocycles. The number of nitrogens with one attached hydrogen (secondary N) is 2. The van der Waals surface area contributed by atoms with Gasteiger partial charge in [0.15, 0.2) is 5.13 Å². The van der Waals surface area contributed by atoms with E-state index in [4.69, 9.17) is 0 Å². The molecule has 2 aromatic heterocycles. The first-order chi connectivity index (χ1) is 9.78. The van der Waals surface area contributed by atoms with Crippen molar-refractivity contribution in [2.45, 2.75) is 40.2 Å². The number of hydrogen-bond acceptors (Lipinski definition) is 6. The van der Waals surface area contributed by atoms with Crippen molar-refractivity contribution in [3.8, 4) is 0 Å². The number of carbonyl (C=O) groups is 1. The van der Waals surface area contributed by atoms with Crippen LogP contribution in [0.1, 0.15) is 35.1 Å². The Morgan fingerprint density at radius 2 is 2.00 bits per heavy atom. The molecule has 0 aliphatic rings. The fraction of sp³-hybridized carbons (Fsp3) is 0.500. The summed E-state index contributed by atoms with van der Waals surface area (Å²) in [5.74, 6) is -0.0950. The van der Waals surface area contributed by atoms with Crippen LogP contribution in [0.5, 0.6) is 0 Å². The van der Waals surface area contributed by atoms with Crippen molar-refractivity contribution in [2.75, 3.05) is 11.9 Å². The predicted molar refractivity (Wildman–Crippen MR) is 88.1 cm³/mol. The van der Waals surface area contributed by atoms with E-state index < -0.39 is 0 Å². The van der Waals surface area contributed by atoms with Gasteiger partial charge in [0, 0.05) is 10.3 Å². The molecule has 2 aromatic rings. The molecule has 2 heterocycles. The lowest BCUT2D eigenvalue weighted by Crippen LogP contribution is -2.41. The fourth-order valence-corrected chi connectivity index (χ4v) is 3.39. The standard InChI is InChI=1S/C14H20N4OS2/c1-8-7-20-13(16-8)18-11(19)6-15-14(4,5)12-17-9(2)10(3)21-12/h7,15H,6H2,1-5H3,(H,16,18,19). The summed E-state index contributed by atoms with van der Waals surface area (Å²) in [5.41, 5.74) is 1.63. The van der Waals surface area contributed by atoms with E-state index in [0.29, 0.717) is 5.13 Å². The van der Waals surface area contributed by atoms with Gasteiger partial charge in [0.1, 0.15) is 5.01 Å². The van der Waals surface area contributed by atoms with Gasteiger partial charge in [0.05, 0.1) is 23.5 Å². The number of anilines is 1. The Morgan fingerprint density at radius 1 is 1.29 bits per heavy atom. The maximum Gasteiger partial charge on any atom is 0.240 e. The molecule has 2 rings (SSSR count). The summed E-state index contributed by atoms with van der Waals surface area (Å²) in [6.45, 7) is 10.3. The molecular formula is C14H20N4OS2. The van der Waals surface area contributed by atoms with Crippen LogP contribution in [-0.4, -0.2) is 22.4 Å². The molecule has 0 aromatic carbocycles. The number of aryl methyl sites for hydroxylation is 3. The Bertz CT molecular complexity index is 626. The van der Waals surface area contributed by atoms with E-state index in [2.05, 4.69) is 27.5 Å². The van der Waals surface area contributed by atoms with E-state index in [-0.39, 0.29) is 18.0 Å². The molecule has 0 unspecified atom stereocenters. The van der Waals surface area contributed by atoms with Crippen molar-refractivity contribution in [2.24, 2.45) is 0 Å². The first kappa shape index (κ1) is 16.1. The largest absolute Gasteiger partial charge is 0.301 e. The van der Waals surface area contributed by atoms with Crippen LogP contribution in [0, 0.1) is 20.8 Å². The van der Waals surface area contributed by atoms with E-state index in [0.717, 1.165) is 16.4 Å². The highest BCUT2D eigenvalue weighted by molar-refractivity contribution is 7.14. The van der Waals surface area contributed by atoms with Gasteiger partial charge in [-0.2, -0.15) is 0 Å². The maximum atomic E-state index is 11.9. The number of hydrogen-bond donors (Lipinski definition) is 2. The zero-order valence-electron chi connectivity index (χ0n) is 12.9. The van der Waals surface area contributed by atoms with Gasteiger partial charge in [-0.1, -0.05) is 0 Å². The Labute approximate surface area is 132 Å². The van der Waals surface area contributed by atoms with Crippen LogP contribution in [0.2, 0.25) is 0 Å². The van der Waals surface area contributed by atoms with Gasteiger partial charge < -0.3 is 5.32 Å². The lowest BCUT2D eigenvalue weighted by atomic mass is 10.1. The number of nitrogens with zero attached hydrogens (tertiary/aromatic N) is 2. The van der Waals surface area contributed by atoms with Crippen molar-refractivity contribution < 1.29 is 4.79 Å². The Balaban J connectivity index is 1.93. The van der Waals surface area contributed by atoms with E-state index in [1.54, 1.807) is 11.3 Å². The van der Waals surface area contributed by atoms with Crippen LogP contribution in [-0.2, 0) is 10.3 Å². The number of rotatable bonds is 5. The Kier molecular flexibility index (Phi) is 4.75. The third-order valence-corrected chi connectivity index (χ3v) is 5.39. The zero-order chi connectivity index (χ0) is 15.6. The number of amides is 1. The zero-order valence-corrected chi connectivity index (χ0v) is 14.5. The van der Waals surface area contributed by atoms with Gasteiger partial charge >= 0.3 is 0 Å². The van der Waals surface area contributed by atoms with E-state index in [9.17, 15) is 4.79 Å². The number of carbonyl (C=O) groups excluding carboxylic acids is 1. The van der Waals surface area contributed by atoms with Gasteiger partial charge in [-0.05, 0) is 34.6 Å². The summed E-state index contributed by atoms with van der Waals surface area (Å²) in [5, 5.41) is 9.59. The highest BCUT2D eigenvalue weighted by Gasteiger charge is 2.25. The molecule has 0 bridgehead atoms. The topological polar surface area (TPSA) is 66.9 Å². The Morgan fingerprint density at radius 3 is 2.52 bits per heavy atom. The summed E-state index contributed by atoms with van der Waals surface area (Å²) < 4.78 is 0. The minimum absolute atomic E-state index is 0.0950. The SMILES string of the molecule is Cc1csc(NC(=O)CNC(C)(C)c2nc(C)c(C)s2)n1. The minimum Gasteiger partial charge on any atom is -0.301 e. The van der Waals surface area contributed by atoms with Gasteiger partial charge in [0.25, 0.3) is 0 Å². The Hall–Kier alpha value is -1.31. The van der Waals surface area contributed by atoms with Crippen LogP contribution in [0.4, 0.5) is 5.13 Å². The molecule has 5 nitrogen and oxygen atoms in total. The monoisotopic (exact) mass is 324 g/mol. The quantitative estimate of drug-likeness (QED) is 0.887. The van der Waals surface area contributed by atoms with Crippen molar-refractivity contribution in [1.29, 1.82) is 0 Å². The first-order valence-electron chi connectivity index (χ1n) is 6.69. The van der Waals surface area contributed by atoms with Gasteiger partial charge in [-0.25, -0.2) is 9.97 Å². The van der Waals surface area contributed by atoms with Crippen molar-refractivity contribution >= 4 is 33.7 Å². The van der Waals surface area contributed by atoms with Crippen LogP contribution in [0.15, 0.2) is 5.38 Å². The molecule has 0 atom stereocenters. The first-order valence-corrected chi connectivity index (χ1v) is 8.39. The number of aromatic nitrogens is 2. The molecular weight excluding hydrogens is 304 g/mol. The van der Waals surface area contributed by atoms with Crippen molar-refractivity contribution in [3.63, 3.8) is 0 Å². The van der Waals surface area contributed by atoms with Gasteiger partial charge in [-0.15, -0.1) is 22.7 Å². The van der Waals surface area contributed by atoms with Gasteiger partial charge in [-0.3, -0.25) is 10.1 Å². The summed E-state index contributed by atoms with van der Waals surface area (Å²) in [4.78, 5) is 21.9. The van der Waals surface area contributed by atoms with Crippen LogP contribution in [0.3, 0.4) is 0 Å². The molecule has 0 radical (unpaired) electrons. The second kappa shape index (κ2) is 6.21. The summed E-state index contributed by atoms with van der Waals surface area (Å²) in [7, 11) is 0. The predicted octanol–water partition coefficient (Wildman–Crippen LogP) is 2.99. The lowest BCUT2D eigenvalue weighted by Gasteiger charge is -2.23. The van der Waals surface area contributed by atoms with E-state index >= 15 is 0 Å². The second-order valence-corrected chi connectivity index (χ2v) is 7.54. The summed E-state index contributed by atoms with van der Waals surface area (Å²) >= 11 is 3.10. The molecule has 2 N–H and O–H groups in total. The molecule has 0 fully saturated rings. The van der Waals surface area contributed by atoms with Gasteiger partial charge in [0.2, 0.25) is 5.91 Å². The minimum atomic E-state index is -0.334. The molecule has 0 saturated carbocycles. The highest BCUT2D eigenvalue weighted by atomic mass is 32.1. The van der Waals surface area contributed by atoms with Crippen molar-refractivity contribution in [1.82, 2.24) is 15.3 Å². The van der Waals surface area contributed by atoms with E-state index in [1.807, 2.05) is 33.1 Å². The molecule has 114 valence electrons. The average Bonchev–Trinajstić information content (AvgIpc) is 2.95. The smallest absolute Gasteiger partial charge is 0.240 e. The average molecular weight is 324 g/mol. The van der Waals surface area contributed by atoms with Crippen LogP contribution < -0.4 is 10.6 Å². The molecule has 0 saturated heterocycles. The third kappa shape index (κ3) is 4.09. The van der Waals surface area contributed by atoms with Crippen LogP contribution in [0.25, 0.3) is 0 Å². The summed E-state index contributed by atoms with van der Waals surface area (Å²) in [6.07, 6.45) is 0. The molecule has 7 heteroatoms. The van der Waals surface area contributed by atoms with Crippen molar-refractivity contribution in [3.05, 3.63) is 26.7 Å². The van der Waals surface area contributed by atoms with Crippen LogP contribution >= 0.6 is 22.7 Å². The van der Waals surface area contributed by atoms with E-state index in [1.165, 1.54) is 16.2 Å². The molecule has 1 amide bonds. The highest BCUT2D eigenvalue weighted by Crippen LogP contribution is 2.27. The lowest BCUT2D eigenvalue weighted by molar-refractivity contribution is -0.115. The molecule has 0 spiro atoms.